The van der Waals surface area contributed by atoms with Gasteiger partial charge in [-0.05, 0) is 24.1 Å². The first-order valence-electron chi connectivity index (χ1n) is 7.85. The van der Waals surface area contributed by atoms with Gasteiger partial charge in [0.25, 0.3) is 0 Å². The predicted molar refractivity (Wildman–Crippen MR) is 91.3 cm³/mol. The number of nitrogens with zero attached hydrogens (tertiary/aromatic N) is 2. The highest BCUT2D eigenvalue weighted by molar-refractivity contribution is 7.18. The highest BCUT2D eigenvalue weighted by Crippen LogP contribution is 2.31. The number of thiazole rings is 1. The number of aromatic nitrogens is 1. The maximum atomic E-state index is 4.83. The van der Waals surface area contributed by atoms with Crippen molar-refractivity contribution >= 4 is 21.6 Å². The Labute approximate surface area is 131 Å². The third kappa shape index (κ3) is 3.62. The van der Waals surface area contributed by atoms with Gasteiger partial charge in [0.1, 0.15) is 0 Å². The average molecular weight is 303 g/mol. The van der Waals surface area contributed by atoms with Crippen molar-refractivity contribution in [1.82, 2.24) is 15.2 Å². The van der Waals surface area contributed by atoms with Crippen molar-refractivity contribution in [2.45, 2.75) is 32.6 Å². The summed E-state index contributed by atoms with van der Waals surface area (Å²) in [6.45, 7) is 12.5. The van der Waals surface area contributed by atoms with Crippen molar-refractivity contribution in [1.29, 1.82) is 0 Å². The smallest absolute Gasteiger partial charge is 0.0992 e. The Hall–Kier alpha value is -0.970. The summed E-state index contributed by atoms with van der Waals surface area (Å²) in [5.74, 6) is 0. The molecule has 0 amide bonds. The Bertz CT molecular complexity index is 606. The molecule has 0 saturated carbocycles. The van der Waals surface area contributed by atoms with Crippen molar-refractivity contribution in [2.24, 2.45) is 0 Å². The molecule has 1 aliphatic rings. The third-order valence-corrected chi connectivity index (χ3v) is 5.48. The van der Waals surface area contributed by atoms with Crippen LogP contribution in [0.1, 0.15) is 31.3 Å². The van der Waals surface area contributed by atoms with E-state index in [1.54, 1.807) is 0 Å². The minimum absolute atomic E-state index is 0.144. The van der Waals surface area contributed by atoms with E-state index in [1.165, 1.54) is 33.9 Å². The third-order valence-electron chi connectivity index (χ3n) is 4.02. The molecule has 2 heterocycles. The minimum Gasteiger partial charge on any atom is -0.314 e. The minimum atomic E-state index is 0.144. The summed E-state index contributed by atoms with van der Waals surface area (Å²) >= 11 is 1.83. The summed E-state index contributed by atoms with van der Waals surface area (Å²) in [5.41, 5.74) is 2.72. The molecule has 4 heteroatoms. The molecule has 1 aromatic carbocycles. The second-order valence-electron chi connectivity index (χ2n) is 6.91. The lowest BCUT2D eigenvalue weighted by Crippen LogP contribution is -2.44. The second-order valence-corrected chi connectivity index (χ2v) is 7.94. The van der Waals surface area contributed by atoms with Crippen LogP contribution in [0.4, 0.5) is 0 Å². The zero-order chi connectivity index (χ0) is 14.9. The summed E-state index contributed by atoms with van der Waals surface area (Å²) in [4.78, 5) is 7.38. The first kappa shape index (κ1) is 14.9. The number of hydrogen-bond donors (Lipinski definition) is 1. The molecule has 0 aliphatic carbocycles. The van der Waals surface area contributed by atoms with Gasteiger partial charge in [0.2, 0.25) is 0 Å². The number of fused-ring (bicyclic) bond motifs is 1. The molecule has 114 valence electrons. The van der Waals surface area contributed by atoms with E-state index in [4.69, 9.17) is 4.98 Å². The van der Waals surface area contributed by atoms with E-state index in [2.05, 4.69) is 49.2 Å². The van der Waals surface area contributed by atoms with Crippen LogP contribution in [0.5, 0.6) is 0 Å². The fourth-order valence-electron chi connectivity index (χ4n) is 2.67. The van der Waals surface area contributed by atoms with E-state index >= 15 is 0 Å². The van der Waals surface area contributed by atoms with Gasteiger partial charge in [-0.3, -0.25) is 0 Å². The molecule has 0 radical (unpaired) electrons. The van der Waals surface area contributed by atoms with Crippen LogP contribution in [0.25, 0.3) is 10.2 Å². The molecule has 1 saturated heterocycles. The summed E-state index contributed by atoms with van der Waals surface area (Å²) in [5, 5.41) is 4.64. The van der Waals surface area contributed by atoms with Crippen molar-refractivity contribution < 1.29 is 0 Å². The van der Waals surface area contributed by atoms with Crippen LogP contribution in [-0.4, -0.2) is 42.6 Å². The van der Waals surface area contributed by atoms with Crippen LogP contribution < -0.4 is 5.32 Å². The molecule has 21 heavy (non-hydrogen) atoms. The maximum Gasteiger partial charge on any atom is 0.0992 e. The van der Waals surface area contributed by atoms with Crippen LogP contribution >= 0.6 is 11.3 Å². The van der Waals surface area contributed by atoms with Crippen LogP contribution in [-0.2, 0) is 11.8 Å². The Morgan fingerprint density at radius 2 is 2.00 bits per heavy atom. The van der Waals surface area contributed by atoms with Crippen LogP contribution in [0, 0.1) is 0 Å². The van der Waals surface area contributed by atoms with Gasteiger partial charge in [-0.15, -0.1) is 11.3 Å². The van der Waals surface area contributed by atoms with E-state index in [0.717, 1.165) is 26.1 Å². The number of nitrogens with one attached hydrogen (secondary N) is 1. The molecule has 3 nitrogen and oxygen atoms in total. The summed E-state index contributed by atoms with van der Waals surface area (Å²) in [6, 6.07) is 6.80. The van der Waals surface area contributed by atoms with Crippen molar-refractivity contribution in [3.8, 4) is 0 Å². The van der Waals surface area contributed by atoms with Gasteiger partial charge in [-0.2, -0.15) is 0 Å². The van der Waals surface area contributed by atoms with E-state index in [0.29, 0.717) is 0 Å². The number of rotatable bonds is 3. The zero-order valence-electron chi connectivity index (χ0n) is 13.3. The molecule has 0 spiro atoms. The molecular weight excluding hydrogens is 278 g/mol. The van der Waals surface area contributed by atoms with Gasteiger partial charge < -0.3 is 10.2 Å². The topological polar surface area (TPSA) is 28.2 Å². The van der Waals surface area contributed by atoms with Gasteiger partial charge in [0.15, 0.2) is 0 Å². The molecule has 1 fully saturated rings. The average Bonchev–Trinajstić information content (AvgIpc) is 2.89. The van der Waals surface area contributed by atoms with Crippen molar-refractivity contribution in [2.75, 3.05) is 32.7 Å². The molecule has 0 bridgehead atoms. The van der Waals surface area contributed by atoms with Gasteiger partial charge in [-0.25, -0.2) is 4.98 Å². The summed E-state index contributed by atoms with van der Waals surface area (Å²) < 4.78 is 1.31. The summed E-state index contributed by atoms with van der Waals surface area (Å²) in [7, 11) is 0. The monoisotopic (exact) mass is 303 g/mol. The van der Waals surface area contributed by atoms with E-state index < -0.39 is 0 Å². The van der Waals surface area contributed by atoms with E-state index in [9.17, 15) is 0 Å². The number of benzene rings is 1. The van der Waals surface area contributed by atoms with Crippen LogP contribution in [0.3, 0.4) is 0 Å². The lowest BCUT2D eigenvalue weighted by atomic mass is 9.98. The fraction of sp³-hybridized carbons (Fsp3) is 0.588. The van der Waals surface area contributed by atoms with Gasteiger partial charge >= 0.3 is 0 Å². The molecular formula is C17H25N3S. The first-order valence-corrected chi connectivity index (χ1v) is 8.67. The van der Waals surface area contributed by atoms with E-state index in [-0.39, 0.29) is 5.41 Å². The highest BCUT2D eigenvalue weighted by atomic mass is 32.1. The molecule has 2 aromatic rings. The van der Waals surface area contributed by atoms with Crippen LogP contribution in [0.15, 0.2) is 18.2 Å². The Morgan fingerprint density at radius 3 is 2.71 bits per heavy atom. The van der Waals surface area contributed by atoms with Gasteiger partial charge in [0, 0.05) is 38.1 Å². The van der Waals surface area contributed by atoms with Gasteiger partial charge in [-0.1, -0.05) is 26.8 Å². The molecule has 3 rings (SSSR count). The second kappa shape index (κ2) is 6.03. The molecule has 1 aromatic heterocycles. The van der Waals surface area contributed by atoms with Crippen molar-refractivity contribution in [3.63, 3.8) is 0 Å². The van der Waals surface area contributed by atoms with Gasteiger partial charge in [0.05, 0.1) is 15.2 Å². The molecule has 1 aliphatic heterocycles. The fourth-order valence-corrected chi connectivity index (χ4v) is 3.67. The first-order chi connectivity index (χ1) is 10.0. The van der Waals surface area contributed by atoms with Crippen LogP contribution in [0.2, 0.25) is 0 Å². The Kier molecular flexibility index (Phi) is 4.29. The van der Waals surface area contributed by atoms with Crippen molar-refractivity contribution in [3.05, 3.63) is 28.8 Å². The number of piperazine rings is 1. The highest BCUT2D eigenvalue weighted by Gasteiger charge is 2.18. The predicted octanol–water partition coefficient (Wildman–Crippen LogP) is 3.04. The quantitative estimate of drug-likeness (QED) is 0.944. The Morgan fingerprint density at radius 1 is 1.24 bits per heavy atom. The lowest BCUT2D eigenvalue weighted by molar-refractivity contribution is 0.244. The van der Waals surface area contributed by atoms with E-state index in [1.807, 2.05) is 11.3 Å². The normalized spacial score (nSPS) is 17.5. The zero-order valence-corrected chi connectivity index (χ0v) is 14.1. The Balaban J connectivity index is 1.71. The lowest BCUT2D eigenvalue weighted by Gasteiger charge is -2.27. The molecule has 0 unspecified atom stereocenters. The summed E-state index contributed by atoms with van der Waals surface area (Å²) in [6.07, 6.45) is 1.12. The molecule has 1 N–H and O–H groups in total. The maximum absolute atomic E-state index is 4.83. The standard InChI is InChI=1S/C17H25N3S/c1-17(2,3)16-19-14-12-13(4-5-15(14)21-16)6-9-20-10-7-18-8-11-20/h4-5,12,18H,6-11H2,1-3H3. The molecule has 0 atom stereocenters. The SMILES string of the molecule is CC(C)(C)c1nc2cc(CCN3CCNCC3)ccc2s1. The number of hydrogen-bond acceptors (Lipinski definition) is 4. The largest absolute Gasteiger partial charge is 0.314 e.